The molecule has 2 aliphatic heterocycles. The summed E-state index contributed by atoms with van der Waals surface area (Å²) in [5, 5.41) is 3.95. The first-order chi connectivity index (χ1) is 10.7. The van der Waals surface area contributed by atoms with E-state index in [2.05, 4.69) is 29.4 Å². The lowest BCUT2D eigenvalue weighted by molar-refractivity contribution is -0.194. The van der Waals surface area contributed by atoms with E-state index in [-0.39, 0.29) is 11.5 Å². The lowest BCUT2D eigenvalue weighted by Gasteiger charge is -2.34. The standard InChI is InChI=1S/C17H22N2O3/c1-19(10-6-5-9-14-7-3-2-4-8-14)16(20)15-11-17(22-18-15)12-21-13-17/h2-4,7-8H,5-6,9-13H2,1H3. The maximum absolute atomic E-state index is 12.3. The Hall–Kier alpha value is -1.88. The van der Waals surface area contributed by atoms with E-state index in [0.29, 0.717) is 25.3 Å². The normalized spacial score (nSPS) is 18.5. The van der Waals surface area contributed by atoms with Gasteiger partial charge in [-0.15, -0.1) is 0 Å². The molecule has 22 heavy (non-hydrogen) atoms. The average Bonchev–Trinajstić information content (AvgIpc) is 2.97. The van der Waals surface area contributed by atoms with Crippen LogP contribution < -0.4 is 0 Å². The van der Waals surface area contributed by atoms with Crippen molar-refractivity contribution in [2.45, 2.75) is 31.3 Å². The van der Waals surface area contributed by atoms with Crippen LogP contribution in [0.2, 0.25) is 0 Å². The van der Waals surface area contributed by atoms with Gasteiger partial charge in [-0.1, -0.05) is 35.5 Å². The van der Waals surface area contributed by atoms with Crippen molar-refractivity contribution in [3.63, 3.8) is 0 Å². The van der Waals surface area contributed by atoms with E-state index in [0.717, 1.165) is 25.8 Å². The van der Waals surface area contributed by atoms with Crippen LogP contribution in [-0.4, -0.2) is 48.9 Å². The van der Waals surface area contributed by atoms with Crippen molar-refractivity contribution in [1.29, 1.82) is 0 Å². The molecule has 1 aromatic carbocycles. The molecule has 0 radical (unpaired) electrons. The molecular formula is C17H22N2O3. The van der Waals surface area contributed by atoms with E-state index >= 15 is 0 Å². The lowest BCUT2D eigenvalue weighted by Crippen LogP contribution is -2.50. The van der Waals surface area contributed by atoms with Gasteiger partial charge in [-0.05, 0) is 24.8 Å². The number of oxime groups is 1. The number of nitrogens with zero attached hydrogens (tertiary/aromatic N) is 2. The summed E-state index contributed by atoms with van der Waals surface area (Å²) in [6, 6.07) is 10.4. The summed E-state index contributed by atoms with van der Waals surface area (Å²) in [4.78, 5) is 19.4. The fourth-order valence-electron chi connectivity index (χ4n) is 2.77. The number of benzene rings is 1. The highest BCUT2D eigenvalue weighted by Crippen LogP contribution is 2.31. The Kier molecular flexibility index (Phi) is 4.43. The molecule has 0 bridgehead atoms. The largest absolute Gasteiger partial charge is 0.383 e. The van der Waals surface area contributed by atoms with Crippen LogP contribution >= 0.6 is 0 Å². The Morgan fingerprint density at radius 3 is 2.68 bits per heavy atom. The Morgan fingerprint density at radius 2 is 2.05 bits per heavy atom. The molecule has 2 aliphatic rings. The minimum absolute atomic E-state index is 0.0245. The summed E-state index contributed by atoms with van der Waals surface area (Å²) in [5.41, 5.74) is 1.52. The molecule has 2 heterocycles. The summed E-state index contributed by atoms with van der Waals surface area (Å²) in [5.74, 6) is -0.0245. The zero-order chi connectivity index (χ0) is 15.4. The molecule has 1 saturated heterocycles. The predicted molar refractivity (Wildman–Crippen MR) is 83.7 cm³/mol. The molecule has 0 aliphatic carbocycles. The number of ether oxygens (including phenoxy) is 1. The molecule has 0 aromatic heterocycles. The molecule has 1 amide bonds. The number of rotatable bonds is 6. The highest BCUT2D eigenvalue weighted by molar-refractivity contribution is 6.39. The Bertz CT molecular complexity index is 552. The molecule has 1 fully saturated rings. The van der Waals surface area contributed by atoms with Gasteiger partial charge in [0.15, 0.2) is 5.60 Å². The van der Waals surface area contributed by atoms with Gasteiger partial charge in [0, 0.05) is 20.0 Å². The third-order valence-electron chi connectivity index (χ3n) is 4.21. The number of hydrogen-bond acceptors (Lipinski definition) is 4. The van der Waals surface area contributed by atoms with Crippen molar-refractivity contribution in [3.8, 4) is 0 Å². The maximum Gasteiger partial charge on any atom is 0.271 e. The van der Waals surface area contributed by atoms with Gasteiger partial charge in [0.1, 0.15) is 5.71 Å². The third-order valence-corrected chi connectivity index (χ3v) is 4.21. The van der Waals surface area contributed by atoms with Gasteiger partial charge >= 0.3 is 0 Å². The quantitative estimate of drug-likeness (QED) is 0.755. The molecule has 5 nitrogen and oxygen atoms in total. The van der Waals surface area contributed by atoms with Crippen molar-refractivity contribution >= 4 is 11.6 Å². The zero-order valence-corrected chi connectivity index (χ0v) is 13.0. The first kappa shape index (κ1) is 15.0. The van der Waals surface area contributed by atoms with Crippen molar-refractivity contribution in [1.82, 2.24) is 4.90 Å². The van der Waals surface area contributed by atoms with Crippen LogP contribution in [0.3, 0.4) is 0 Å². The van der Waals surface area contributed by atoms with E-state index in [9.17, 15) is 4.79 Å². The van der Waals surface area contributed by atoms with Gasteiger partial charge in [-0.2, -0.15) is 0 Å². The topological polar surface area (TPSA) is 51.1 Å². The second-order valence-electron chi connectivity index (χ2n) is 6.15. The van der Waals surface area contributed by atoms with Crippen LogP contribution in [0.1, 0.15) is 24.8 Å². The molecule has 3 rings (SSSR count). The van der Waals surface area contributed by atoms with E-state index in [1.165, 1.54) is 5.56 Å². The van der Waals surface area contributed by atoms with Gasteiger partial charge in [-0.25, -0.2) is 0 Å². The van der Waals surface area contributed by atoms with Gasteiger partial charge in [-0.3, -0.25) is 4.79 Å². The van der Waals surface area contributed by atoms with Gasteiger partial charge in [0.05, 0.1) is 13.2 Å². The molecule has 0 saturated carbocycles. The Labute approximate surface area is 130 Å². The maximum atomic E-state index is 12.3. The fraction of sp³-hybridized carbons (Fsp3) is 0.529. The molecule has 1 aromatic rings. The summed E-state index contributed by atoms with van der Waals surface area (Å²) < 4.78 is 5.15. The highest BCUT2D eigenvalue weighted by atomic mass is 16.7. The van der Waals surface area contributed by atoms with Crippen molar-refractivity contribution < 1.29 is 14.4 Å². The summed E-state index contributed by atoms with van der Waals surface area (Å²) in [7, 11) is 1.83. The van der Waals surface area contributed by atoms with Crippen molar-refractivity contribution in [2.75, 3.05) is 26.8 Å². The van der Waals surface area contributed by atoms with E-state index < -0.39 is 0 Å². The molecule has 118 valence electrons. The number of unbranched alkanes of at least 4 members (excludes halogenated alkanes) is 1. The first-order valence-corrected chi connectivity index (χ1v) is 7.81. The summed E-state index contributed by atoms with van der Waals surface area (Å²) >= 11 is 0. The van der Waals surface area contributed by atoms with Crippen molar-refractivity contribution in [3.05, 3.63) is 35.9 Å². The minimum atomic E-state index is -0.348. The van der Waals surface area contributed by atoms with E-state index in [1.54, 1.807) is 4.90 Å². The van der Waals surface area contributed by atoms with Crippen LogP contribution in [0, 0.1) is 0 Å². The number of carbonyl (C=O) groups is 1. The minimum Gasteiger partial charge on any atom is -0.383 e. The second-order valence-corrected chi connectivity index (χ2v) is 6.15. The lowest BCUT2D eigenvalue weighted by atomic mass is 9.95. The van der Waals surface area contributed by atoms with Crippen LogP contribution in [0.5, 0.6) is 0 Å². The molecule has 5 heteroatoms. The van der Waals surface area contributed by atoms with Gasteiger partial charge in [0.2, 0.25) is 0 Å². The number of hydrogen-bond donors (Lipinski definition) is 0. The molecule has 1 spiro atoms. The first-order valence-electron chi connectivity index (χ1n) is 7.81. The summed E-state index contributed by atoms with van der Waals surface area (Å²) in [6.07, 6.45) is 3.68. The van der Waals surface area contributed by atoms with Crippen LogP contribution in [0.25, 0.3) is 0 Å². The van der Waals surface area contributed by atoms with Gasteiger partial charge < -0.3 is 14.5 Å². The zero-order valence-electron chi connectivity index (χ0n) is 13.0. The number of carbonyl (C=O) groups excluding carboxylic acids is 1. The second kappa shape index (κ2) is 6.48. The highest BCUT2D eigenvalue weighted by Gasteiger charge is 2.48. The van der Waals surface area contributed by atoms with E-state index in [1.807, 2.05) is 13.1 Å². The smallest absolute Gasteiger partial charge is 0.271 e. The number of amides is 1. The van der Waals surface area contributed by atoms with Crippen molar-refractivity contribution in [2.24, 2.45) is 5.16 Å². The average molecular weight is 302 g/mol. The molecular weight excluding hydrogens is 280 g/mol. The Morgan fingerprint density at radius 1 is 1.27 bits per heavy atom. The third kappa shape index (κ3) is 3.30. The molecule has 0 unspecified atom stereocenters. The molecule has 0 atom stereocenters. The summed E-state index contributed by atoms with van der Waals surface area (Å²) in [6.45, 7) is 1.82. The van der Waals surface area contributed by atoms with Gasteiger partial charge in [0.25, 0.3) is 5.91 Å². The van der Waals surface area contributed by atoms with Crippen LogP contribution in [0.4, 0.5) is 0 Å². The SMILES string of the molecule is CN(CCCCc1ccccc1)C(=O)C1=NOC2(COC2)C1. The van der Waals surface area contributed by atoms with Crippen LogP contribution in [-0.2, 0) is 20.8 Å². The monoisotopic (exact) mass is 302 g/mol. The fourth-order valence-corrected chi connectivity index (χ4v) is 2.77. The van der Waals surface area contributed by atoms with Crippen LogP contribution in [0.15, 0.2) is 35.5 Å². The van der Waals surface area contributed by atoms with E-state index in [4.69, 9.17) is 9.57 Å². The molecule has 0 N–H and O–H groups in total. The number of aryl methyl sites for hydroxylation is 1. The Balaban J connectivity index is 1.38. The predicted octanol–water partition coefficient (Wildman–Crippen LogP) is 2.01.